The molecular weight excluding hydrogens is 444 g/mol. The molecule has 182 valence electrons. The van der Waals surface area contributed by atoms with Gasteiger partial charge in [-0.05, 0) is 24.3 Å². The van der Waals surface area contributed by atoms with Gasteiger partial charge in [0.1, 0.15) is 18.1 Å². The maximum atomic E-state index is 13.4. The van der Waals surface area contributed by atoms with E-state index in [1.165, 1.54) is 4.90 Å². The second-order valence-corrected chi connectivity index (χ2v) is 8.80. The van der Waals surface area contributed by atoms with Crippen molar-refractivity contribution in [1.29, 1.82) is 0 Å². The molecule has 0 spiro atoms. The molecule has 9 nitrogen and oxygen atoms in total. The van der Waals surface area contributed by atoms with Gasteiger partial charge in [0, 0.05) is 18.7 Å². The molecule has 10 heteroatoms. The van der Waals surface area contributed by atoms with Gasteiger partial charge >= 0.3 is 5.97 Å². The maximum Gasteiger partial charge on any atom is 0.326 e. The molecular formula is C23H34N4O5S. The largest absolute Gasteiger partial charge is 0.480 e. The number of nitrogens with two attached hydrogens (primary N) is 1. The summed E-state index contributed by atoms with van der Waals surface area (Å²) in [5.74, 6) is -2.53. The molecule has 1 aliphatic heterocycles. The van der Waals surface area contributed by atoms with Crippen molar-refractivity contribution in [3.63, 3.8) is 0 Å². The molecule has 5 unspecified atom stereocenters. The second kappa shape index (κ2) is 12.6. The number of hydrogen-bond donors (Lipinski definition) is 5. The van der Waals surface area contributed by atoms with E-state index in [1.54, 1.807) is 24.3 Å². The third-order valence-electron chi connectivity index (χ3n) is 6.05. The SMILES string of the molecule is CCC(C)C(NC(=O)C(N)CS)C(=O)N1CCCC1C(=O)NC(Cc1ccccc1)C(=O)O. The molecule has 0 bridgehead atoms. The van der Waals surface area contributed by atoms with Crippen LogP contribution in [0.15, 0.2) is 30.3 Å². The number of carbonyl (C=O) groups is 4. The molecule has 0 saturated carbocycles. The summed E-state index contributed by atoms with van der Waals surface area (Å²) < 4.78 is 0. The molecule has 1 heterocycles. The van der Waals surface area contributed by atoms with Crippen LogP contribution in [0.4, 0.5) is 0 Å². The van der Waals surface area contributed by atoms with Crippen LogP contribution in [0.3, 0.4) is 0 Å². The Kier molecular flexibility index (Phi) is 10.2. The van der Waals surface area contributed by atoms with Crippen molar-refractivity contribution < 1.29 is 24.3 Å². The molecule has 33 heavy (non-hydrogen) atoms. The summed E-state index contributed by atoms with van der Waals surface area (Å²) in [6.45, 7) is 4.11. The highest BCUT2D eigenvalue weighted by Gasteiger charge is 2.40. The molecule has 5 N–H and O–H groups in total. The minimum absolute atomic E-state index is 0.135. The molecule has 0 aliphatic carbocycles. The van der Waals surface area contributed by atoms with Crippen LogP contribution in [0.1, 0.15) is 38.7 Å². The van der Waals surface area contributed by atoms with E-state index in [2.05, 4.69) is 23.3 Å². The van der Waals surface area contributed by atoms with Crippen LogP contribution in [0.25, 0.3) is 0 Å². The molecule has 1 aliphatic rings. The standard InChI is InChI=1S/C23H34N4O5S/c1-3-14(2)19(26-20(28)16(24)13-33)22(30)27-11-7-10-18(27)21(29)25-17(23(31)32)12-15-8-5-4-6-9-15/h4-6,8-9,14,16-19,33H,3,7,10-13,24H2,1-2H3,(H,25,29)(H,26,28)(H,31,32). The molecule has 1 aromatic rings. The van der Waals surface area contributed by atoms with Crippen LogP contribution in [-0.4, -0.2) is 70.2 Å². The predicted molar refractivity (Wildman–Crippen MR) is 128 cm³/mol. The van der Waals surface area contributed by atoms with Crippen LogP contribution in [0, 0.1) is 5.92 Å². The average molecular weight is 479 g/mol. The van der Waals surface area contributed by atoms with Crippen LogP contribution in [0.2, 0.25) is 0 Å². The summed E-state index contributed by atoms with van der Waals surface area (Å²) in [6.07, 6.45) is 1.80. The van der Waals surface area contributed by atoms with E-state index in [0.29, 0.717) is 25.8 Å². The third kappa shape index (κ3) is 7.20. The molecule has 0 radical (unpaired) electrons. The van der Waals surface area contributed by atoms with Crippen molar-refractivity contribution in [3.05, 3.63) is 35.9 Å². The van der Waals surface area contributed by atoms with Gasteiger partial charge < -0.3 is 26.4 Å². The van der Waals surface area contributed by atoms with Crippen LogP contribution in [-0.2, 0) is 25.6 Å². The second-order valence-electron chi connectivity index (χ2n) is 8.44. The Labute approximate surface area is 199 Å². The number of nitrogens with one attached hydrogen (secondary N) is 2. The molecule has 1 aromatic carbocycles. The summed E-state index contributed by atoms with van der Waals surface area (Å²) in [7, 11) is 0. The van der Waals surface area contributed by atoms with Crippen LogP contribution < -0.4 is 16.4 Å². The third-order valence-corrected chi connectivity index (χ3v) is 6.44. The Bertz CT molecular complexity index is 837. The number of carboxylic acids is 1. The summed E-state index contributed by atoms with van der Waals surface area (Å²) >= 11 is 4.03. The van der Waals surface area contributed by atoms with Crippen molar-refractivity contribution in [1.82, 2.24) is 15.5 Å². The van der Waals surface area contributed by atoms with Crippen molar-refractivity contribution in [2.45, 2.75) is 63.7 Å². The Hall–Kier alpha value is -2.59. The Morgan fingerprint density at radius 3 is 2.45 bits per heavy atom. The summed E-state index contributed by atoms with van der Waals surface area (Å²) in [6, 6.07) is 5.43. The Balaban J connectivity index is 2.14. The zero-order chi connectivity index (χ0) is 24.5. The average Bonchev–Trinajstić information content (AvgIpc) is 3.31. The van der Waals surface area contributed by atoms with E-state index in [9.17, 15) is 24.3 Å². The fourth-order valence-corrected chi connectivity index (χ4v) is 3.99. The van der Waals surface area contributed by atoms with Gasteiger partial charge in [0.2, 0.25) is 17.7 Å². The van der Waals surface area contributed by atoms with E-state index < -0.39 is 42.0 Å². The van der Waals surface area contributed by atoms with Gasteiger partial charge in [-0.2, -0.15) is 12.6 Å². The zero-order valence-electron chi connectivity index (χ0n) is 19.1. The Morgan fingerprint density at radius 1 is 1.21 bits per heavy atom. The molecule has 3 amide bonds. The van der Waals surface area contributed by atoms with E-state index in [-0.39, 0.29) is 24.0 Å². The first kappa shape index (κ1) is 26.7. The minimum Gasteiger partial charge on any atom is -0.480 e. The number of benzene rings is 1. The fraction of sp³-hybridized carbons (Fsp3) is 0.565. The number of thiol groups is 1. The number of rotatable bonds is 11. The minimum atomic E-state index is -1.14. The number of carbonyl (C=O) groups excluding carboxylic acids is 3. The van der Waals surface area contributed by atoms with E-state index in [1.807, 2.05) is 19.9 Å². The van der Waals surface area contributed by atoms with Gasteiger partial charge in [-0.3, -0.25) is 14.4 Å². The van der Waals surface area contributed by atoms with Gasteiger partial charge in [0.05, 0.1) is 6.04 Å². The summed E-state index contributed by atoms with van der Waals surface area (Å²) in [4.78, 5) is 51.9. The van der Waals surface area contributed by atoms with Crippen molar-refractivity contribution >= 4 is 36.3 Å². The highest BCUT2D eigenvalue weighted by molar-refractivity contribution is 7.80. The summed E-state index contributed by atoms with van der Waals surface area (Å²) in [5.41, 5.74) is 6.53. The number of nitrogens with zero attached hydrogens (tertiary/aromatic N) is 1. The number of carboxylic acid groups (broad SMARTS) is 1. The van der Waals surface area contributed by atoms with Gasteiger partial charge in [-0.25, -0.2) is 4.79 Å². The smallest absolute Gasteiger partial charge is 0.326 e. The lowest BCUT2D eigenvalue weighted by atomic mass is 9.97. The zero-order valence-corrected chi connectivity index (χ0v) is 20.0. The van der Waals surface area contributed by atoms with E-state index in [4.69, 9.17) is 5.73 Å². The van der Waals surface area contributed by atoms with Crippen molar-refractivity contribution in [2.75, 3.05) is 12.3 Å². The van der Waals surface area contributed by atoms with E-state index >= 15 is 0 Å². The van der Waals surface area contributed by atoms with Gasteiger partial charge in [-0.15, -0.1) is 0 Å². The highest BCUT2D eigenvalue weighted by atomic mass is 32.1. The van der Waals surface area contributed by atoms with Crippen molar-refractivity contribution in [3.8, 4) is 0 Å². The van der Waals surface area contributed by atoms with Gasteiger partial charge in [0.15, 0.2) is 0 Å². The monoisotopic (exact) mass is 478 g/mol. The number of aliphatic carboxylic acids is 1. The first-order valence-electron chi connectivity index (χ1n) is 11.2. The molecule has 5 atom stereocenters. The summed E-state index contributed by atoms with van der Waals surface area (Å²) in [5, 5.41) is 14.9. The molecule has 2 rings (SSSR count). The number of hydrogen-bond acceptors (Lipinski definition) is 6. The van der Waals surface area contributed by atoms with E-state index in [0.717, 1.165) is 5.56 Å². The predicted octanol–water partition coefficient (Wildman–Crippen LogP) is 0.578. The Morgan fingerprint density at radius 2 is 1.88 bits per heavy atom. The number of amides is 3. The maximum absolute atomic E-state index is 13.4. The molecule has 1 saturated heterocycles. The van der Waals surface area contributed by atoms with Crippen molar-refractivity contribution in [2.24, 2.45) is 11.7 Å². The lowest BCUT2D eigenvalue weighted by Gasteiger charge is -2.32. The highest BCUT2D eigenvalue weighted by Crippen LogP contribution is 2.22. The fourth-order valence-electron chi connectivity index (χ4n) is 3.83. The van der Waals surface area contributed by atoms with Gasteiger partial charge in [0.25, 0.3) is 0 Å². The normalized spacial score (nSPS) is 19.3. The van der Waals surface area contributed by atoms with Gasteiger partial charge in [-0.1, -0.05) is 50.6 Å². The lowest BCUT2D eigenvalue weighted by Crippen LogP contribution is -2.58. The molecule has 1 fully saturated rings. The quantitative estimate of drug-likeness (QED) is 0.295. The van der Waals surface area contributed by atoms with Crippen LogP contribution >= 0.6 is 12.6 Å². The van der Waals surface area contributed by atoms with Crippen LogP contribution in [0.5, 0.6) is 0 Å². The number of likely N-dealkylation sites (tertiary alicyclic amines) is 1. The first-order chi connectivity index (χ1) is 15.7. The first-order valence-corrected chi connectivity index (χ1v) is 11.9. The lowest BCUT2D eigenvalue weighted by molar-refractivity contribution is -0.145. The topological polar surface area (TPSA) is 142 Å². The molecule has 0 aromatic heterocycles.